The molecular formula is C11H19N3O3. The molecule has 1 aromatic rings. The van der Waals surface area contributed by atoms with Crippen molar-refractivity contribution in [3.8, 4) is 0 Å². The normalized spacial score (nSPS) is 13.3. The first-order valence-corrected chi connectivity index (χ1v) is 5.64. The van der Waals surface area contributed by atoms with Crippen LogP contribution in [0.1, 0.15) is 32.5 Å². The first-order valence-electron chi connectivity index (χ1n) is 5.64. The van der Waals surface area contributed by atoms with E-state index in [1.165, 1.54) is 0 Å². The second kappa shape index (κ2) is 5.77. The van der Waals surface area contributed by atoms with E-state index in [9.17, 15) is 4.79 Å². The van der Waals surface area contributed by atoms with Crippen LogP contribution in [0.3, 0.4) is 0 Å². The molecule has 0 aliphatic heterocycles. The number of nitrogens with zero attached hydrogens (tertiary/aromatic N) is 3. The van der Waals surface area contributed by atoms with Gasteiger partial charge in [-0.3, -0.25) is 9.69 Å². The molecule has 0 amide bonds. The average Bonchev–Trinajstić information content (AvgIpc) is 2.63. The summed E-state index contributed by atoms with van der Waals surface area (Å²) in [7, 11) is 1.71. The van der Waals surface area contributed by atoms with Gasteiger partial charge in [0.1, 0.15) is 6.04 Å². The summed E-state index contributed by atoms with van der Waals surface area (Å²) in [6.07, 6.45) is 0.766. The molecule has 0 bridgehead atoms. The zero-order valence-electron chi connectivity index (χ0n) is 10.7. The molecule has 1 rings (SSSR count). The van der Waals surface area contributed by atoms with Crippen molar-refractivity contribution in [2.24, 2.45) is 5.92 Å². The van der Waals surface area contributed by atoms with Crippen LogP contribution in [0, 0.1) is 5.92 Å². The molecule has 6 nitrogen and oxygen atoms in total. The van der Waals surface area contributed by atoms with E-state index in [-0.39, 0.29) is 0 Å². The van der Waals surface area contributed by atoms with Crippen LogP contribution in [0.5, 0.6) is 0 Å². The fourth-order valence-corrected chi connectivity index (χ4v) is 1.34. The van der Waals surface area contributed by atoms with E-state index in [0.29, 0.717) is 24.2 Å². The van der Waals surface area contributed by atoms with Crippen molar-refractivity contribution in [2.75, 3.05) is 7.05 Å². The van der Waals surface area contributed by atoms with E-state index in [1.54, 1.807) is 18.9 Å². The Morgan fingerprint density at radius 2 is 2.12 bits per heavy atom. The highest BCUT2D eigenvalue weighted by atomic mass is 16.5. The topological polar surface area (TPSA) is 79.5 Å². The van der Waals surface area contributed by atoms with Gasteiger partial charge in [0.2, 0.25) is 5.89 Å². The van der Waals surface area contributed by atoms with Gasteiger partial charge >= 0.3 is 5.97 Å². The second-order valence-electron chi connectivity index (χ2n) is 4.63. The van der Waals surface area contributed by atoms with Gasteiger partial charge in [-0.05, 0) is 19.9 Å². The summed E-state index contributed by atoms with van der Waals surface area (Å²) in [6, 6.07) is -0.574. The summed E-state index contributed by atoms with van der Waals surface area (Å²) in [5, 5.41) is 12.7. The van der Waals surface area contributed by atoms with Crippen molar-refractivity contribution in [3.05, 3.63) is 11.7 Å². The Bertz CT molecular complexity index is 376. The fourth-order valence-electron chi connectivity index (χ4n) is 1.34. The predicted octanol–water partition coefficient (Wildman–Crippen LogP) is 1.17. The maximum Gasteiger partial charge on any atom is 0.320 e. The first-order chi connectivity index (χ1) is 7.90. The van der Waals surface area contributed by atoms with E-state index in [2.05, 4.69) is 24.0 Å². The van der Waals surface area contributed by atoms with E-state index < -0.39 is 12.0 Å². The predicted molar refractivity (Wildman–Crippen MR) is 61.4 cm³/mol. The van der Waals surface area contributed by atoms with Crippen molar-refractivity contribution in [1.29, 1.82) is 0 Å². The van der Waals surface area contributed by atoms with E-state index in [0.717, 1.165) is 6.42 Å². The van der Waals surface area contributed by atoms with Crippen molar-refractivity contribution in [2.45, 2.75) is 39.8 Å². The van der Waals surface area contributed by atoms with Crippen LogP contribution >= 0.6 is 0 Å². The highest BCUT2D eigenvalue weighted by molar-refractivity contribution is 5.72. The van der Waals surface area contributed by atoms with Gasteiger partial charge in [-0.25, -0.2) is 0 Å². The Morgan fingerprint density at radius 1 is 1.47 bits per heavy atom. The lowest BCUT2D eigenvalue weighted by atomic mass is 10.1. The van der Waals surface area contributed by atoms with Crippen LogP contribution < -0.4 is 0 Å². The Balaban J connectivity index is 2.57. The minimum Gasteiger partial charge on any atom is -0.480 e. The van der Waals surface area contributed by atoms with Gasteiger partial charge in [0.25, 0.3) is 0 Å². The standard InChI is InChI=1S/C11H19N3O3/c1-7(2)5-9-12-10(17-13-9)6-14(4)8(3)11(15)16/h7-8H,5-6H2,1-4H3,(H,15,16). The Kier molecular flexibility index (Phi) is 4.62. The van der Waals surface area contributed by atoms with Crippen LogP contribution in [-0.2, 0) is 17.8 Å². The molecule has 1 N–H and O–H groups in total. The Labute approximate surface area is 101 Å². The van der Waals surface area contributed by atoms with Gasteiger partial charge < -0.3 is 9.63 Å². The highest BCUT2D eigenvalue weighted by Crippen LogP contribution is 2.07. The molecule has 6 heteroatoms. The summed E-state index contributed by atoms with van der Waals surface area (Å²) >= 11 is 0. The molecule has 0 aliphatic carbocycles. The van der Waals surface area contributed by atoms with E-state index >= 15 is 0 Å². The average molecular weight is 241 g/mol. The van der Waals surface area contributed by atoms with Crippen molar-refractivity contribution in [3.63, 3.8) is 0 Å². The zero-order chi connectivity index (χ0) is 13.0. The lowest BCUT2D eigenvalue weighted by Crippen LogP contribution is -2.35. The summed E-state index contributed by atoms with van der Waals surface area (Å²) in [5.74, 6) is 0.730. The number of aromatic nitrogens is 2. The van der Waals surface area contributed by atoms with Crippen molar-refractivity contribution in [1.82, 2.24) is 15.0 Å². The van der Waals surface area contributed by atoms with Gasteiger partial charge in [-0.15, -0.1) is 0 Å². The van der Waals surface area contributed by atoms with Crippen LogP contribution in [0.25, 0.3) is 0 Å². The maximum absolute atomic E-state index is 10.8. The number of aliphatic carboxylic acids is 1. The number of carbonyl (C=O) groups is 1. The quantitative estimate of drug-likeness (QED) is 0.805. The third-order valence-corrected chi connectivity index (χ3v) is 2.50. The summed E-state index contributed by atoms with van der Waals surface area (Å²) in [4.78, 5) is 16.6. The molecule has 0 saturated heterocycles. The Hall–Kier alpha value is -1.43. The van der Waals surface area contributed by atoms with Crippen LogP contribution in [0.15, 0.2) is 4.52 Å². The molecule has 17 heavy (non-hydrogen) atoms. The van der Waals surface area contributed by atoms with Crippen LogP contribution in [-0.4, -0.2) is 39.2 Å². The monoisotopic (exact) mass is 241 g/mol. The van der Waals surface area contributed by atoms with Gasteiger partial charge in [-0.1, -0.05) is 19.0 Å². The third-order valence-electron chi connectivity index (χ3n) is 2.50. The molecule has 1 heterocycles. The number of likely N-dealkylation sites (N-methyl/N-ethyl adjacent to an activating group) is 1. The summed E-state index contributed by atoms with van der Waals surface area (Å²) in [5.41, 5.74) is 0. The smallest absolute Gasteiger partial charge is 0.320 e. The maximum atomic E-state index is 10.8. The lowest BCUT2D eigenvalue weighted by Gasteiger charge is -2.18. The molecule has 0 spiro atoms. The summed E-state index contributed by atoms with van der Waals surface area (Å²) < 4.78 is 5.07. The van der Waals surface area contributed by atoms with E-state index in [4.69, 9.17) is 9.63 Å². The third kappa shape index (κ3) is 4.14. The van der Waals surface area contributed by atoms with Crippen LogP contribution in [0.2, 0.25) is 0 Å². The fraction of sp³-hybridized carbons (Fsp3) is 0.727. The van der Waals surface area contributed by atoms with Crippen molar-refractivity contribution < 1.29 is 14.4 Å². The summed E-state index contributed by atoms with van der Waals surface area (Å²) in [6.45, 7) is 6.12. The minimum absolute atomic E-state index is 0.346. The molecule has 0 fully saturated rings. The largest absolute Gasteiger partial charge is 0.480 e. The van der Waals surface area contributed by atoms with Gasteiger partial charge in [-0.2, -0.15) is 4.98 Å². The number of hydrogen-bond acceptors (Lipinski definition) is 5. The second-order valence-corrected chi connectivity index (χ2v) is 4.63. The molecular weight excluding hydrogens is 222 g/mol. The zero-order valence-corrected chi connectivity index (χ0v) is 10.7. The Morgan fingerprint density at radius 3 is 2.65 bits per heavy atom. The highest BCUT2D eigenvalue weighted by Gasteiger charge is 2.19. The first kappa shape index (κ1) is 13.6. The molecule has 0 saturated carbocycles. The number of carboxylic acid groups (broad SMARTS) is 1. The van der Waals surface area contributed by atoms with E-state index in [1.807, 2.05) is 0 Å². The number of rotatable bonds is 6. The van der Waals surface area contributed by atoms with Gasteiger partial charge in [0, 0.05) is 6.42 Å². The lowest BCUT2D eigenvalue weighted by molar-refractivity contribution is -0.142. The van der Waals surface area contributed by atoms with Crippen molar-refractivity contribution >= 4 is 5.97 Å². The van der Waals surface area contributed by atoms with Gasteiger partial charge in [0.05, 0.1) is 6.54 Å². The number of hydrogen-bond donors (Lipinski definition) is 1. The minimum atomic E-state index is -0.866. The molecule has 1 unspecified atom stereocenters. The molecule has 1 atom stereocenters. The number of carboxylic acids is 1. The SMILES string of the molecule is CC(C)Cc1noc(CN(C)C(C)C(=O)O)n1. The molecule has 0 aromatic carbocycles. The van der Waals surface area contributed by atoms with Crippen LogP contribution in [0.4, 0.5) is 0 Å². The molecule has 1 aromatic heterocycles. The van der Waals surface area contributed by atoms with Gasteiger partial charge in [0.15, 0.2) is 5.82 Å². The molecule has 0 radical (unpaired) electrons. The molecule has 96 valence electrons. The molecule has 0 aliphatic rings.